The summed E-state index contributed by atoms with van der Waals surface area (Å²) < 4.78 is 0. The van der Waals surface area contributed by atoms with Crippen molar-refractivity contribution in [1.82, 2.24) is 19.9 Å². The lowest BCUT2D eigenvalue weighted by atomic mass is 10.1. The summed E-state index contributed by atoms with van der Waals surface area (Å²) in [6.45, 7) is 3.77. The first-order valence-electron chi connectivity index (χ1n) is 8.46. The minimum Gasteiger partial charge on any atom is -0.399 e. The van der Waals surface area contributed by atoms with Crippen LogP contribution in [0, 0.1) is 13.8 Å². The summed E-state index contributed by atoms with van der Waals surface area (Å²) in [7, 11) is 0. The lowest BCUT2D eigenvalue weighted by Gasteiger charge is -2.12. The van der Waals surface area contributed by atoms with Crippen molar-refractivity contribution in [1.29, 1.82) is 0 Å². The molecule has 7 heteroatoms. The average molecular weight is 358 g/mol. The highest BCUT2D eigenvalue weighted by Gasteiger charge is 2.13. The Kier molecular flexibility index (Phi) is 4.04. The molecule has 0 atom stereocenters. The van der Waals surface area contributed by atoms with Crippen molar-refractivity contribution in [3.05, 3.63) is 70.7 Å². The van der Waals surface area contributed by atoms with Crippen LogP contribution in [0.15, 0.2) is 53.7 Å². The Labute approximate surface area is 155 Å². The molecule has 3 heterocycles. The number of nitrogens with one attached hydrogen (secondary N) is 2. The topological polar surface area (TPSA) is 110 Å². The minimum atomic E-state index is -0.201. The van der Waals surface area contributed by atoms with Crippen LogP contribution in [-0.2, 0) is 0 Å². The van der Waals surface area contributed by atoms with Crippen molar-refractivity contribution in [2.45, 2.75) is 13.8 Å². The number of nitrogens with zero attached hydrogens (tertiary/aromatic N) is 3. The van der Waals surface area contributed by atoms with Crippen LogP contribution in [0.1, 0.15) is 11.4 Å². The number of rotatable bonds is 3. The maximum atomic E-state index is 12.5. The van der Waals surface area contributed by atoms with Gasteiger partial charge in [-0.15, -0.1) is 0 Å². The van der Waals surface area contributed by atoms with Crippen molar-refractivity contribution in [3.63, 3.8) is 0 Å². The molecule has 0 saturated heterocycles. The summed E-state index contributed by atoms with van der Waals surface area (Å²) in [5.74, 6) is 1.16. The van der Waals surface area contributed by atoms with Gasteiger partial charge in [0.15, 0.2) is 0 Å². The van der Waals surface area contributed by atoms with Crippen LogP contribution in [0.3, 0.4) is 0 Å². The van der Waals surface area contributed by atoms with Crippen molar-refractivity contribution < 1.29 is 0 Å². The number of nitrogen functional groups attached to an aromatic ring is 1. The molecule has 0 aliphatic carbocycles. The second kappa shape index (κ2) is 6.53. The highest BCUT2D eigenvalue weighted by molar-refractivity contribution is 5.96. The van der Waals surface area contributed by atoms with Crippen LogP contribution in [-0.4, -0.2) is 19.9 Å². The van der Waals surface area contributed by atoms with Gasteiger partial charge in [0.2, 0.25) is 0 Å². The predicted octanol–water partition coefficient (Wildman–Crippen LogP) is 3.32. The van der Waals surface area contributed by atoms with Crippen LogP contribution in [0.5, 0.6) is 0 Å². The number of nitrogens with two attached hydrogens (primary N) is 1. The highest BCUT2D eigenvalue weighted by Crippen LogP contribution is 2.29. The zero-order valence-electron chi connectivity index (χ0n) is 14.9. The van der Waals surface area contributed by atoms with E-state index in [0.29, 0.717) is 28.4 Å². The third kappa shape index (κ3) is 3.22. The molecule has 0 aliphatic heterocycles. The number of fused-ring (bicyclic) bond motifs is 1. The molecular formula is C20H18N6O. The van der Waals surface area contributed by atoms with E-state index in [1.54, 1.807) is 30.7 Å². The van der Waals surface area contributed by atoms with Crippen molar-refractivity contribution in [2.24, 2.45) is 0 Å². The molecule has 3 aromatic heterocycles. The van der Waals surface area contributed by atoms with Gasteiger partial charge < -0.3 is 16.0 Å². The van der Waals surface area contributed by atoms with Gasteiger partial charge in [0.1, 0.15) is 11.6 Å². The van der Waals surface area contributed by atoms with E-state index in [1.807, 2.05) is 32.0 Å². The van der Waals surface area contributed by atoms with Crippen LogP contribution in [0.4, 0.5) is 17.2 Å². The van der Waals surface area contributed by atoms with E-state index in [9.17, 15) is 4.79 Å². The average Bonchev–Trinajstić information content (AvgIpc) is 2.67. The molecule has 7 nitrogen and oxygen atoms in total. The summed E-state index contributed by atoms with van der Waals surface area (Å²) in [5, 5.41) is 4.56. The maximum absolute atomic E-state index is 12.5. The van der Waals surface area contributed by atoms with Gasteiger partial charge in [-0.1, -0.05) is 0 Å². The Morgan fingerprint density at radius 2 is 1.78 bits per heavy atom. The SMILES string of the molecule is Cc1ncc(-c2cc3c(C)c[nH]c(=O)c3c(Nc3ccc(N)cc3)n2)cn1. The van der Waals surface area contributed by atoms with Gasteiger partial charge in [-0.2, -0.15) is 0 Å². The first-order valence-corrected chi connectivity index (χ1v) is 8.46. The van der Waals surface area contributed by atoms with E-state index >= 15 is 0 Å². The second-order valence-corrected chi connectivity index (χ2v) is 6.35. The molecule has 0 radical (unpaired) electrons. The Morgan fingerprint density at radius 3 is 2.48 bits per heavy atom. The molecule has 4 N–H and O–H groups in total. The third-order valence-corrected chi connectivity index (χ3v) is 4.34. The van der Waals surface area contributed by atoms with Crippen molar-refractivity contribution >= 4 is 28.0 Å². The molecule has 0 unspecified atom stereocenters. The summed E-state index contributed by atoms with van der Waals surface area (Å²) in [6, 6.07) is 9.15. The number of H-pyrrole nitrogens is 1. The van der Waals surface area contributed by atoms with E-state index < -0.39 is 0 Å². The van der Waals surface area contributed by atoms with Crippen molar-refractivity contribution in [3.8, 4) is 11.3 Å². The molecule has 4 rings (SSSR count). The predicted molar refractivity (Wildman–Crippen MR) is 107 cm³/mol. The summed E-state index contributed by atoms with van der Waals surface area (Å²) in [5.41, 5.74) is 9.42. The fourth-order valence-corrected chi connectivity index (χ4v) is 2.88. The largest absolute Gasteiger partial charge is 0.399 e. The molecule has 27 heavy (non-hydrogen) atoms. The van der Waals surface area contributed by atoms with Gasteiger partial charge in [-0.25, -0.2) is 15.0 Å². The Balaban J connectivity index is 1.94. The molecule has 134 valence electrons. The number of anilines is 3. The van der Waals surface area contributed by atoms with Crippen LogP contribution < -0.4 is 16.6 Å². The summed E-state index contributed by atoms with van der Waals surface area (Å²) in [6.07, 6.45) is 5.16. The van der Waals surface area contributed by atoms with E-state index in [4.69, 9.17) is 5.73 Å². The van der Waals surface area contributed by atoms with E-state index in [-0.39, 0.29) is 5.56 Å². The number of hydrogen-bond acceptors (Lipinski definition) is 6. The first-order chi connectivity index (χ1) is 13.0. The highest BCUT2D eigenvalue weighted by atomic mass is 16.1. The van der Waals surface area contributed by atoms with E-state index in [2.05, 4.69) is 25.3 Å². The van der Waals surface area contributed by atoms with Gasteiger partial charge >= 0.3 is 0 Å². The Morgan fingerprint density at radius 1 is 1.07 bits per heavy atom. The molecule has 0 spiro atoms. The fourth-order valence-electron chi connectivity index (χ4n) is 2.88. The molecule has 4 aromatic rings. The summed E-state index contributed by atoms with van der Waals surface area (Å²) in [4.78, 5) is 28.4. The van der Waals surface area contributed by atoms with Gasteiger partial charge in [-0.3, -0.25) is 4.79 Å². The standard InChI is InChI=1S/C20H18N6O/c1-11-8-24-20(27)18-16(11)7-17(13-9-22-12(2)23-10-13)26-19(18)25-15-5-3-14(21)4-6-15/h3-10H,21H2,1-2H3,(H,24,27)(H,25,26). The summed E-state index contributed by atoms with van der Waals surface area (Å²) >= 11 is 0. The third-order valence-electron chi connectivity index (χ3n) is 4.34. The van der Waals surface area contributed by atoms with Crippen LogP contribution >= 0.6 is 0 Å². The van der Waals surface area contributed by atoms with Crippen molar-refractivity contribution in [2.75, 3.05) is 11.1 Å². The lowest BCUT2D eigenvalue weighted by molar-refractivity contribution is 1.05. The molecule has 1 aromatic carbocycles. The number of aryl methyl sites for hydroxylation is 2. The molecule has 0 saturated carbocycles. The minimum absolute atomic E-state index is 0.201. The fraction of sp³-hybridized carbons (Fsp3) is 0.100. The van der Waals surface area contributed by atoms with Crippen LogP contribution in [0.25, 0.3) is 22.0 Å². The Hall–Kier alpha value is -3.74. The smallest absolute Gasteiger partial charge is 0.259 e. The van der Waals surface area contributed by atoms with E-state index in [1.165, 1.54) is 0 Å². The molecule has 0 amide bonds. The quantitative estimate of drug-likeness (QED) is 0.485. The van der Waals surface area contributed by atoms with E-state index in [0.717, 1.165) is 22.2 Å². The normalized spacial score (nSPS) is 10.9. The molecule has 0 aliphatic rings. The molecule has 0 fully saturated rings. The zero-order chi connectivity index (χ0) is 19.0. The number of pyridine rings is 2. The molecule has 0 bridgehead atoms. The lowest BCUT2D eigenvalue weighted by Crippen LogP contribution is -2.10. The maximum Gasteiger partial charge on any atom is 0.259 e. The van der Waals surface area contributed by atoms with Gasteiger partial charge in [0.05, 0.1) is 11.1 Å². The Bertz CT molecular complexity index is 1180. The number of hydrogen-bond donors (Lipinski definition) is 3. The molecular weight excluding hydrogens is 340 g/mol. The zero-order valence-corrected chi connectivity index (χ0v) is 14.9. The number of aromatic nitrogens is 4. The van der Waals surface area contributed by atoms with Gasteiger partial charge in [-0.05, 0) is 55.1 Å². The van der Waals surface area contributed by atoms with Crippen LogP contribution in [0.2, 0.25) is 0 Å². The number of aromatic amines is 1. The number of benzene rings is 1. The first kappa shape index (κ1) is 16.7. The van der Waals surface area contributed by atoms with Gasteiger partial charge in [0, 0.05) is 35.5 Å². The second-order valence-electron chi connectivity index (χ2n) is 6.35. The monoisotopic (exact) mass is 358 g/mol. The van der Waals surface area contributed by atoms with Gasteiger partial charge in [0.25, 0.3) is 5.56 Å².